The number of piperazine rings is 1. The second kappa shape index (κ2) is 15.1. The summed E-state index contributed by atoms with van der Waals surface area (Å²) in [6.45, 7) is 11.4. The van der Waals surface area contributed by atoms with Crippen LogP contribution in [0.5, 0.6) is 0 Å². The number of aryl methyl sites for hydroxylation is 1. The molecule has 3 saturated heterocycles. The fraction of sp³-hybridized carbons (Fsp3) is 0.422. The summed E-state index contributed by atoms with van der Waals surface area (Å²) < 4.78 is 18.5. The van der Waals surface area contributed by atoms with Crippen molar-refractivity contribution in [1.82, 2.24) is 34.5 Å². The van der Waals surface area contributed by atoms with Crippen LogP contribution in [0, 0.1) is 11.2 Å². The van der Waals surface area contributed by atoms with E-state index in [1.54, 1.807) is 33.8 Å². The number of carbonyl (C=O) groups excluding carboxylic acids is 2. The first-order valence-electron chi connectivity index (χ1n) is 21.4. The molecule has 4 N–H and O–H groups in total. The second-order valence-electron chi connectivity index (χ2n) is 17.4. The third-order valence-electron chi connectivity index (χ3n) is 13.6. The summed E-state index contributed by atoms with van der Waals surface area (Å²) in [6.07, 6.45) is 8.12. The standard InChI is InChI=1S/C45H50FN11O4/c1-3-17-56-42(60)33-25-47-43(52-40(33)57(56)37-13-5-28-15-16-45(61,4-2)39(28)50-37)49-29-6-9-31(10-7-29)55-26-44(27-55)23-32(24-44)53-18-20-54(21-19-53)36-12-8-30(22-34(36)46)48-35-11-14-38(58)51-41(35)59/h3,5-10,12-13,22,25,32,35,48,61H,1,4,11,14-21,23-24,26-27H2,2H3,(H,47,49,52)(H,51,58,59)/t35?,45-/m1/s1. The molecule has 1 unspecified atom stereocenters. The van der Waals surface area contributed by atoms with Gasteiger partial charge < -0.3 is 25.5 Å². The van der Waals surface area contributed by atoms with Crippen molar-refractivity contribution < 1.29 is 19.1 Å². The molecule has 316 valence electrons. The van der Waals surface area contributed by atoms with Gasteiger partial charge in [0.1, 0.15) is 22.8 Å². The molecular formula is C45H50FN11O4. The van der Waals surface area contributed by atoms with E-state index in [-0.39, 0.29) is 36.2 Å². The number of fused-ring (bicyclic) bond motifs is 2. The summed E-state index contributed by atoms with van der Waals surface area (Å²) in [4.78, 5) is 58.4. The quantitative estimate of drug-likeness (QED) is 0.108. The SMILES string of the molecule is C=CCn1c(=O)c2cnc(Nc3ccc(N4CC5(CC(N6CCN(c7ccc(NC8CCC(=O)NC8=O)cc7F)CC6)C5)C4)cc3)nc2n1-c1ccc2c(n1)[C@@](O)(CC)CC2. The van der Waals surface area contributed by atoms with E-state index >= 15 is 4.39 Å². The van der Waals surface area contributed by atoms with Crippen molar-refractivity contribution in [3.8, 4) is 5.82 Å². The highest BCUT2D eigenvalue weighted by atomic mass is 19.1. The minimum absolute atomic E-state index is 0.245. The Hall–Kier alpha value is -6.13. The van der Waals surface area contributed by atoms with E-state index in [1.807, 2.05) is 31.2 Å². The number of amides is 2. The lowest BCUT2D eigenvalue weighted by Crippen LogP contribution is -2.68. The van der Waals surface area contributed by atoms with Crippen LogP contribution < -0.4 is 31.3 Å². The number of imide groups is 1. The Morgan fingerprint density at radius 2 is 1.74 bits per heavy atom. The largest absolute Gasteiger partial charge is 0.384 e. The van der Waals surface area contributed by atoms with Crippen molar-refractivity contribution in [2.75, 3.05) is 59.7 Å². The number of hydrogen-bond acceptors (Lipinski definition) is 12. The molecule has 2 aliphatic carbocycles. The molecule has 4 fully saturated rings. The molecule has 2 amide bonds. The zero-order valence-electron chi connectivity index (χ0n) is 34.2. The molecule has 2 atom stereocenters. The van der Waals surface area contributed by atoms with Gasteiger partial charge in [-0.1, -0.05) is 19.1 Å². The first-order valence-corrected chi connectivity index (χ1v) is 21.4. The van der Waals surface area contributed by atoms with Crippen LogP contribution in [0.3, 0.4) is 0 Å². The van der Waals surface area contributed by atoms with Crippen molar-refractivity contribution >= 4 is 51.5 Å². The number of pyridine rings is 1. The Labute approximate surface area is 352 Å². The van der Waals surface area contributed by atoms with E-state index in [1.165, 1.54) is 6.07 Å². The van der Waals surface area contributed by atoms with Gasteiger partial charge in [-0.15, -0.1) is 6.58 Å². The monoisotopic (exact) mass is 827 g/mol. The highest BCUT2D eigenvalue weighted by molar-refractivity contribution is 6.01. The fourth-order valence-electron chi connectivity index (χ4n) is 10.1. The first-order chi connectivity index (χ1) is 29.5. The number of halogens is 1. The molecule has 3 aliphatic heterocycles. The predicted molar refractivity (Wildman–Crippen MR) is 231 cm³/mol. The first kappa shape index (κ1) is 39.0. The number of rotatable bonds is 11. The predicted octanol–water partition coefficient (Wildman–Crippen LogP) is 4.60. The Morgan fingerprint density at radius 3 is 2.46 bits per heavy atom. The van der Waals surface area contributed by atoms with Gasteiger partial charge in [-0.3, -0.25) is 24.6 Å². The van der Waals surface area contributed by atoms with E-state index in [0.29, 0.717) is 70.6 Å². The van der Waals surface area contributed by atoms with Crippen LogP contribution in [-0.2, 0) is 28.2 Å². The summed E-state index contributed by atoms with van der Waals surface area (Å²) in [7, 11) is 0. The van der Waals surface area contributed by atoms with Gasteiger partial charge in [0.05, 0.1) is 17.9 Å². The van der Waals surface area contributed by atoms with Crippen molar-refractivity contribution in [3.63, 3.8) is 0 Å². The van der Waals surface area contributed by atoms with Crippen LogP contribution in [0.2, 0.25) is 0 Å². The molecule has 10 rings (SSSR count). The topological polar surface area (TPSA) is 166 Å². The van der Waals surface area contributed by atoms with Gasteiger partial charge in [0.15, 0.2) is 11.5 Å². The van der Waals surface area contributed by atoms with Crippen molar-refractivity contribution in [3.05, 3.63) is 101 Å². The van der Waals surface area contributed by atoms with Gasteiger partial charge in [0.2, 0.25) is 17.8 Å². The molecule has 1 spiro atoms. The summed E-state index contributed by atoms with van der Waals surface area (Å²) in [5.41, 5.74) is 4.27. The molecule has 5 aliphatic rings. The van der Waals surface area contributed by atoms with E-state index < -0.39 is 11.6 Å². The molecule has 61 heavy (non-hydrogen) atoms. The van der Waals surface area contributed by atoms with Gasteiger partial charge in [0, 0.05) is 80.4 Å². The summed E-state index contributed by atoms with van der Waals surface area (Å²) in [5, 5.41) is 20.3. The van der Waals surface area contributed by atoms with Crippen LogP contribution in [-0.4, -0.2) is 97.5 Å². The molecule has 1 saturated carbocycles. The number of anilines is 5. The summed E-state index contributed by atoms with van der Waals surface area (Å²) in [6, 6.07) is 17.1. The molecule has 0 radical (unpaired) electrons. The number of aliphatic hydroxyl groups is 1. The van der Waals surface area contributed by atoms with Crippen LogP contribution in [0.25, 0.3) is 16.9 Å². The number of carbonyl (C=O) groups is 2. The lowest BCUT2D eigenvalue weighted by Gasteiger charge is -2.62. The van der Waals surface area contributed by atoms with Gasteiger partial charge in [-0.05, 0) is 92.6 Å². The van der Waals surface area contributed by atoms with Crippen LogP contribution >= 0.6 is 0 Å². The fourth-order valence-corrected chi connectivity index (χ4v) is 10.1. The molecule has 3 aromatic heterocycles. The number of nitrogens with one attached hydrogen (secondary N) is 3. The van der Waals surface area contributed by atoms with Gasteiger partial charge >= 0.3 is 0 Å². The van der Waals surface area contributed by atoms with Gasteiger partial charge in [-0.2, -0.15) is 4.98 Å². The van der Waals surface area contributed by atoms with Crippen LogP contribution in [0.4, 0.5) is 33.1 Å². The lowest BCUT2D eigenvalue weighted by atomic mass is 9.60. The molecule has 5 aromatic rings. The van der Waals surface area contributed by atoms with E-state index in [9.17, 15) is 19.5 Å². The van der Waals surface area contributed by atoms with Crippen molar-refractivity contribution in [2.45, 2.75) is 76.1 Å². The maximum absolute atomic E-state index is 15.3. The van der Waals surface area contributed by atoms with E-state index in [0.717, 1.165) is 75.5 Å². The highest BCUT2D eigenvalue weighted by Crippen LogP contribution is 2.51. The Morgan fingerprint density at radius 1 is 0.967 bits per heavy atom. The minimum Gasteiger partial charge on any atom is -0.384 e. The lowest BCUT2D eigenvalue weighted by molar-refractivity contribution is -0.133. The highest BCUT2D eigenvalue weighted by Gasteiger charge is 2.54. The molecule has 6 heterocycles. The average molecular weight is 828 g/mol. The van der Waals surface area contributed by atoms with Gasteiger partial charge in [0.25, 0.3) is 5.56 Å². The Balaban J connectivity index is 0.736. The maximum Gasteiger partial charge on any atom is 0.278 e. The Kier molecular flexibility index (Phi) is 9.66. The van der Waals surface area contributed by atoms with Gasteiger partial charge in [-0.25, -0.2) is 23.7 Å². The third-order valence-corrected chi connectivity index (χ3v) is 13.6. The maximum atomic E-state index is 15.3. The van der Waals surface area contributed by atoms with Crippen molar-refractivity contribution in [1.29, 1.82) is 0 Å². The van der Waals surface area contributed by atoms with Crippen LogP contribution in [0.15, 0.2) is 78.2 Å². The number of allylic oxidation sites excluding steroid dienone is 1. The number of hydrogen-bond donors (Lipinski definition) is 4. The number of nitrogens with zero attached hydrogens (tertiary/aromatic N) is 8. The zero-order valence-corrected chi connectivity index (χ0v) is 34.2. The normalized spacial score (nSPS) is 22.5. The molecular weight excluding hydrogens is 778 g/mol. The van der Waals surface area contributed by atoms with E-state index in [4.69, 9.17) is 9.97 Å². The number of aromatic nitrogens is 5. The second-order valence-corrected chi connectivity index (χ2v) is 17.4. The van der Waals surface area contributed by atoms with Crippen LogP contribution in [0.1, 0.15) is 56.7 Å². The average Bonchev–Trinajstić information content (AvgIpc) is 3.71. The molecule has 0 bridgehead atoms. The third kappa shape index (κ3) is 7.00. The smallest absolute Gasteiger partial charge is 0.278 e. The van der Waals surface area contributed by atoms with E-state index in [2.05, 4.69) is 54.3 Å². The molecule has 2 aromatic carbocycles. The molecule has 15 nitrogen and oxygen atoms in total. The summed E-state index contributed by atoms with van der Waals surface area (Å²) in [5.74, 6) is -0.121. The number of piperidine rings is 1. The minimum atomic E-state index is -0.997. The number of benzene rings is 2. The zero-order chi connectivity index (χ0) is 42.0. The summed E-state index contributed by atoms with van der Waals surface area (Å²) >= 11 is 0. The molecule has 16 heteroatoms. The van der Waals surface area contributed by atoms with Crippen molar-refractivity contribution in [2.24, 2.45) is 5.41 Å². The Bertz CT molecular complexity index is 2610.